The van der Waals surface area contributed by atoms with Crippen LogP contribution in [0.2, 0.25) is 5.02 Å². The summed E-state index contributed by atoms with van der Waals surface area (Å²) < 4.78 is 6.55. The second-order valence-electron chi connectivity index (χ2n) is 3.72. The van der Waals surface area contributed by atoms with Crippen LogP contribution in [-0.4, -0.2) is 12.0 Å². The van der Waals surface area contributed by atoms with Crippen molar-refractivity contribution in [1.29, 1.82) is 0 Å². The van der Waals surface area contributed by atoms with E-state index in [1.165, 1.54) is 0 Å². The normalized spacial score (nSPS) is 10.4. The van der Waals surface area contributed by atoms with Crippen LogP contribution in [0.25, 0.3) is 0 Å². The molecule has 0 aliphatic heterocycles. The van der Waals surface area contributed by atoms with E-state index in [1.807, 2.05) is 25.2 Å². The van der Waals surface area contributed by atoms with Crippen molar-refractivity contribution in [2.24, 2.45) is 0 Å². The van der Waals surface area contributed by atoms with Crippen LogP contribution < -0.4 is 10.1 Å². The zero-order valence-corrected chi connectivity index (χ0v) is 12.1. The summed E-state index contributed by atoms with van der Waals surface area (Å²) in [5.41, 5.74) is 1.04. The highest BCUT2D eigenvalue weighted by molar-refractivity contribution is 9.10. The molecule has 2 aromatic rings. The molecule has 0 saturated carbocycles. The van der Waals surface area contributed by atoms with E-state index in [9.17, 15) is 0 Å². The predicted octanol–water partition coefficient (Wildman–Crippen LogP) is 4.01. The van der Waals surface area contributed by atoms with Gasteiger partial charge in [-0.1, -0.05) is 17.7 Å². The first-order valence-electron chi connectivity index (χ1n) is 5.40. The van der Waals surface area contributed by atoms with E-state index >= 15 is 0 Å². The molecule has 3 nitrogen and oxygen atoms in total. The molecule has 2 rings (SSSR count). The van der Waals surface area contributed by atoms with Gasteiger partial charge in [-0.3, -0.25) is 4.98 Å². The molecule has 0 fully saturated rings. The molecule has 1 aromatic carbocycles. The number of benzene rings is 1. The number of nitrogens with one attached hydrogen (secondary N) is 1. The van der Waals surface area contributed by atoms with Crippen molar-refractivity contribution >= 4 is 27.5 Å². The average Bonchev–Trinajstić information content (AvgIpc) is 2.33. The summed E-state index contributed by atoms with van der Waals surface area (Å²) in [5, 5.41) is 3.74. The van der Waals surface area contributed by atoms with Crippen molar-refractivity contribution in [2.75, 3.05) is 7.05 Å². The van der Waals surface area contributed by atoms with Crippen LogP contribution in [-0.2, 0) is 6.54 Å². The van der Waals surface area contributed by atoms with Crippen LogP contribution in [0.15, 0.2) is 41.1 Å². The smallest absolute Gasteiger partial charge is 0.146 e. The highest BCUT2D eigenvalue weighted by atomic mass is 79.9. The van der Waals surface area contributed by atoms with Crippen LogP contribution in [0.1, 0.15) is 5.56 Å². The Morgan fingerprint density at radius 1 is 1.28 bits per heavy atom. The number of ether oxygens (including phenoxy) is 1. The molecule has 1 N–H and O–H groups in total. The molecule has 0 radical (unpaired) electrons. The Morgan fingerprint density at radius 2 is 2.11 bits per heavy atom. The Morgan fingerprint density at radius 3 is 2.78 bits per heavy atom. The first kappa shape index (κ1) is 13.3. The number of hydrogen-bond donors (Lipinski definition) is 1. The minimum absolute atomic E-state index is 0.668. The maximum absolute atomic E-state index is 6.16. The van der Waals surface area contributed by atoms with Crippen molar-refractivity contribution in [3.8, 4) is 11.5 Å². The van der Waals surface area contributed by atoms with E-state index in [2.05, 4.69) is 26.2 Å². The van der Waals surface area contributed by atoms with Crippen LogP contribution in [0.4, 0.5) is 0 Å². The van der Waals surface area contributed by atoms with Gasteiger partial charge in [0.1, 0.15) is 11.5 Å². The summed E-state index contributed by atoms with van der Waals surface area (Å²) in [7, 11) is 1.88. The summed E-state index contributed by atoms with van der Waals surface area (Å²) in [6.07, 6.45) is 3.36. The van der Waals surface area contributed by atoms with Gasteiger partial charge in [-0.2, -0.15) is 0 Å². The molecule has 0 amide bonds. The molecule has 5 heteroatoms. The van der Waals surface area contributed by atoms with Crippen molar-refractivity contribution < 1.29 is 4.74 Å². The van der Waals surface area contributed by atoms with Gasteiger partial charge in [0.05, 0.1) is 6.20 Å². The Kier molecular flexibility index (Phi) is 4.58. The summed E-state index contributed by atoms with van der Waals surface area (Å²) in [5.74, 6) is 1.36. The topological polar surface area (TPSA) is 34.1 Å². The molecule has 18 heavy (non-hydrogen) atoms. The first-order valence-corrected chi connectivity index (χ1v) is 6.57. The van der Waals surface area contributed by atoms with E-state index < -0.39 is 0 Å². The van der Waals surface area contributed by atoms with Crippen molar-refractivity contribution in [3.05, 3.63) is 51.7 Å². The van der Waals surface area contributed by atoms with E-state index in [-0.39, 0.29) is 0 Å². The third kappa shape index (κ3) is 3.45. The summed E-state index contributed by atoms with van der Waals surface area (Å²) in [4.78, 5) is 4.03. The molecule has 0 spiro atoms. The molecule has 0 saturated heterocycles. The van der Waals surface area contributed by atoms with Crippen LogP contribution in [0.5, 0.6) is 11.5 Å². The highest BCUT2D eigenvalue weighted by Crippen LogP contribution is 2.27. The largest absolute Gasteiger partial charge is 0.456 e. The van der Waals surface area contributed by atoms with Crippen molar-refractivity contribution in [3.63, 3.8) is 0 Å². The van der Waals surface area contributed by atoms with E-state index in [1.54, 1.807) is 18.5 Å². The first-order chi connectivity index (χ1) is 8.69. The molecular weight excluding hydrogens is 316 g/mol. The third-order valence-corrected chi connectivity index (χ3v) is 3.09. The Hall–Kier alpha value is -1.10. The lowest BCUT2D eigenvalue weighted by molar-refractivity contribution is 0.479. The molecule has 94 valence electrons. The van der Waals surface area contributed by atoms with Gasteiger partial charge >= 0.3 is 0 Å². The standard InChI is InChI=1S/C13H12BrClN2O/c1-16-6-9-2-3-11(5-13(9)15)18-12-4-10(14)7-17-8-12/h2-5,7-8,16H,6H2,1H3. The lowest BCUT2D eigenvalue weighted by atomic mass is 10.2. The van der Waals surface area contributed by atoms with Gasteiger partial charge in [0.2, 0.25) is 0 Å². The quantitative estimate of drug-likeness (QED) is 0.921. The molecule has 0 atom stereocenters. The van der Waals surface area contributed by atoms with Gasteiger partial charge in [0.15, 0.2) is 0 Å². The van der Waals surface area contributed by atoms with Crippen LogP contribution >= 0.6 is 27.5 Å². The highest BCUT2D eigenvalue weighted by Gasteiger charge is 2.03. The number of nitrogens with zero attached hydrogens (tertiary/aromatic N) is 1. The SMILES string of the molecule is CNCc1ccc(Oc2cncc(Br)c2)cc1Cl. The van der Waals surface area contributed by atoms with Gasteiger partial charge in [-0.05, 0) is 46.7 Å². The average molecular weight is 328 g/mol. The van der Waals surface area contributed by atoms with Crippen LogP contribution in [0.3, 0.4) is 0 Å². The fourth-order valence-electron chi connectivity index (χ4n) is 1.51. The van der Waals surface area contributed by atoms with E-state index in [0.717, 1.165) is 16.6 Å². The number of rotatable bonds is 4. The summed E-state index contributed by atoms with van der Waals surface area (Å²) in [6, 6.07) is 7.48. The van der Waals surface area contributed by atoms with Crippen molar-refractivity contribution in [2.45, 2.75) is 6.54 Å². The third-order valence-electron chi connectivity index (χ3n) is 2.31. The van der Waals surface area contributed by atoms with Gasteiger partial charge in [-0.25, -0.2) is 0 Å². The lowest BCUT2D eigenvalue weighted by Crippen LogP contribution is -2.05. The van der Waals surface area contributed by atoms with Crippen LogP contribution in [0, 0.1) is 0 Å². The zero-order chi connectivity index (χ0) is 13.0. The number of halogens is 2. The summed E-state index contributed by atoms with van der Waals surface area (Å²) >= 11 is 9.51. The Labute approximate surface area is 119 Å². The Balaban J connectivity index is 2.17. The maximum atomic E-state index is 6.16. The molecular formula is C13H12BrClN2O. The molecule has 0 bridgehead atoms. The second kappa shape index (κ2) is 6.18. The monoisotopic (exact) mass is 326 g/mol. The lowest BCUT2D eigenvalue weighted by Gasteiger charge is -2.08. The molecule has 0 aliphatic rings. The molecule has 0 unspecified atom stereocenters. The van der Waals surface area contributed by atoms with Gasteiger partial charge in [0, 0.05) is 22.2 Å². The number of aromatic nitrogens is 1. The molecule has 1 aromatic heterocycles. The predicted molar refractivity (Wildman–Crippen MR) is 76.2 cm³/mol. The van der Waals surface area contributed by atoms with Crippen molar-refractivity contribution in [1.82, 2.24) is 10.3 Å². The molecule has 1 heterocycles. The van der Waals surface area contributed by atoms with E-state index in [4.69, 9.17) is 16.3 Å². The fraction of sp³-hybridized carbons (Fsp3) is 0.154. The zero-order valence-electron chi connectivity index (χ0n) is 9.78. The molecule has 0 aliphatic carbocycles. The maximum Gasteiger partial charge on any atom is 0.146 e. The van der Waals surface area contributed by atoms with Gasteiger partial charge < -0.3 is 10.1 Å². The number of hydrogen-bond acceptors (Lipinski definition) is 3. The minimum Gasteiger partial charge on any atom is -0.456 e. The van der Waals surface area contributed by atoms with Gasteiger partial charge in [-0.15, -0.1) is 0 Å². The van der Waals surface area contributed by atoms with E-state index in [0.29, 0.717) is 16.5 Å². The Bertz CT molecular complexity index is 548. The second-order valence-corrected chi connectivity index (χ2v) is 5.05. The number of pyridine rings is 1. The van der Waals surface area contributed by atoms with Gasteiger partial charge in [0.25, 0.3) is 0 Å². The minimum atomic E-state index is 0.668. The fourth-order valence-corrected chi connectivity index (χ4v) is 2.09. The summed E-state index contributed by atoms with van der Waals surface area (Å²) in [6.45, 7) is 0.734.